The van der Waals surface area contributed by atoms with Crippen LogP contribution in [0.25, 0.3) is 0 Å². The maximum absolute atomic E-state index is 13.2. The topological polar surface area (TPSA) is 79.3 Å². The molecule has 1 N–H and O–H groups in total. The van der Waals surface area contributed by atoms with Gasteiger partial charge in [0, 0.05) is 37.5 Å². The number of sulfonamides is 1. The third-order valence-corrected chi connectivity index (χ3v) is 11.3. The minimum atomic E-state index is -3.81. The van der Waals surface area contributed by atoms with Crippen LogP contribution in [0.1, 0.15) is 59.1 Å². The molecule has 1 atom stereocenters. The molecule has 1 aliphatic heterocycles. The minimum absolute atomic E-state index is 0.00766. The molecule has 6 rings (SSSR count). The molecule has 212 valence electrons. The van der Waals surface area contributed by atoms with Gasteiger partial charge < -0.3 is 19.5 Å². The third-order valence-electron chi connectivity index (χ3n) is 9.43. The Hall–Kier alpha value is -2.91. The van der Waals surface area contributed by atoms with E-state index in [9.17, 15) is 13.5 Å². The quantitative estimate of drug-likeness (QED) is 0.435. The molecule has 2 aliphatic carbocycles. The minimum Gasteiger partial charge on any atom is -0.493 e. The summed E-state index contributed by atoms with van der Waals surface area (Å²) in [6, 6.07) is 20.9. The summed E-state index contributed by atoms with van der Waals surface area (Å²) in [7, 11) is 2.17. The second kappa shape index (κ2) is 10.2. The molecular formula is C32H38N2O5S. The zero-order chi connectivity index (χ0) is 28.2. The summed E-state index contributed by atoms with van der Waals surface area (Å²) < 4.78 is 38.7. The van der Waals surface area contributed by atoms with E-state index in [1.807, 2.05) is 0 Å². The fourth-order valence-electron chi connectivity index (χ4n) is 7.49. The van der Waals surface area contributed by atoms with E-state index in [2.05, 4.69) is 53.4 Å². The van der Waals surface area contributed by atoms with E-state index in [1.54, 1.807) is 6.07 Å². The number of benzene rings is 3. The van der Waals surface area contributed by atoms with Crippen molar-refractivity contribution in [3.63, 3.8) is 0 Å². The Kier molecular flexibility index (Phi) is 6.94. The van der Waals surface area contributed by atoms with E-state index >= 15 is 0 Å². The lowest BCUT2D eigenvalue weighted by Gasteiger charge is -2.41. The van der Waals surface area contributed by atoms with Gasteiger partial charge in [0.05, 0.1) is 25.2 Å². The number of hydrogen-bond acceptors (Lipinski definition) is 6. The average Bonchev–Trinajstić information content (AvgIpc) is 3.48. The van der Waals surface area contributed by atoms with Gasteiger partial charge in [-0.1, -0.05) is 48.5 Å². The molecule has 40 heavy (non-hydrogen) atoms. The van der Waals surface area contributed by atoms with Gasteiger partial charge in [0.1, 0.15) is 0 Å². The van der Waals surface area contributed by atoms with Crippen molar-refractivity contribution in [2.75, 3.05) is 47.9 Å². The molecule has 7 nitrogen and oxygen atoms in total. The number of hydrogen-bond donors (Lipinski definition) is 1. The maximum Gasteiger partial charge on any atom is 0.243 e. The van der Waals surface area contributed by atoms with E-state index in [0.717, 1.165) is 38.9 Å². The molecule has 0 unspecified atom stereocenters. The number of aliphatic hydroxyl groups excluding tert-OH is 1. The van der Waals surface area contributed by atoms with Gasteiger partial charge in [-0.25, -0.2) is 12.7 Å². The summed E-state index contributed by atoms with van der Waals surface area (Å²) in [4.78, 5) is 2.59. The molecule has 1 saturated heterocycles. The van der Waals surface area contributed by atoms with Gasteiger partial charge in [-0.05, 0) is 72.7 Å². The normalized spacial score (nSPS) is 23.2. The highest BCUT2D eigenvalue weighted by Crippen LogP contribution is 2.60. The van der Waals surface area contributed by atoms with Crippen molar-refractivity contribution in [2.45, 2.75) is 41.6 Å². The Morgan fingerprint density at radius 3 is 2.10 bits per heavy atom. The molecule has 3 aliphatic rings. The Morgan fingerprint density at radius 1 is 0.950 bits per heavy atom. The number of fused-ring (bicyclic) bond motifs is 8. The van der Waals surface area contributed by atoms with Crippen LogP contribution in [0.15, 0.2) is 65.6 Å². The Labute approximate surface area is 237 Å². The lowest BCUT2D eigenvalue weighted by molar-refractivity contribution is 0.0504. The highest BCUT2D eigenvalue weighted by Gasteiger charge is 2.53. The molecule has 1 fully saturated rings. The molecule has 3 aromatic rings. The Bertz CT molecular complexity index is 1480. The molecule has 3 aromatic carbocycles. The first-order chi connectivity index (χ1) is 19.2. The first-order valence-corrected chi connectivity index (χ1v) is 15.4. The van der Waals surface area contributed by atoms with E-state index in [1.165, 1.54) is 60.9 Å². The average molecular weight is 563 g/mol. The SMILES string of the molecule is COc1ccc(S(=O)(=O)N(C)C)c([C@H](O)C2CCN(CC34CC(c5ccccc53)c3ccccc34)CC2)c1OC. The van der Waals surface area contributed by atoms with E-state index in [-0.39, 0.29) is 27.5 Å². The van der Waals surface area contributed by atoms with E-state index in [0.29, 0.717) is 11.7 Å². The lowest BCUT2D eigenvalue weighted by atomic mass is 9.74. The first kappa shape index (κ1) is 27.3. The van der Waals surface area contributed by atoms with Gasteiger partial charge in [0.25, 0.3) is 0 Å². The molecule has 0 saturated carbocycles. The number of piperidine rings is 1. The van der Waals surface area contributed by atoms with Crippen LogP contribution in [-0.4, -0.2) is 70.7 Å². The summed E-state index contributed by atoms with van der Waals surface area (Å²) in [5, 5.41) is 11.7. The number of ether oxygens (including phenoxy) is 2. The van der Waals surface area contributed by atoms with Gasteiger partial charge in [-0.15, -0.1) is 0 Å². The summed E-state index contributed by atoms with van der Waals surface area (Å²) in [5.74, 6) is 1.03. The van der Waals surface area contributed by atoms with Crippen LogP contribution in [-0.2, 0) is 15.4 Å². The lowest BCUT2D eigenvalue weighted by Crippen LogP contribution is -2.44. The van der Waals surface area contributed by atoms with Crippen LogP contribution >= 0.6 is 0 Å². The van der Waals surface area contributed by atoms with Crippen molar-refractivity contribution in [1.82, 2.24) is 9.21 Å². The van der Waals surface area contributed by atoms with Crippen LogP contribution in [0.2, 0.25) is 0 Å². The van der Waals surface area contributed by atoms with Gasteiger partial charge in [-0.3, -0.25) is 0 Å². The van der Waals surface area contributed by atoms with Crippen molar-refractivity contribution in [1.29, 1.82) is 0 Å². The fourth-order valence-corrected chi connectivity index (χ4v) is 8.61. The van der Waals surface area contributed by atoms with Gasteiger partial charge in [0.2, 0.25) is 10.0 Å². The molecule has 0 aromatic heterocycles. The smallest absolute Gasteiger partial charge is 0.243 e. The van der Waals surface area contributed by atoms with Gasteiger partial charge in [-0.2, -0.15) is 0 Å². The van der Waals surface area contributed by atoms with Crippen molar-refractivity contribution >= 4 is 10.0 Å². The van der Waals surface area contributed by atoms with Crippen LogP contribution < -0.4 is 9.47 Å². The molecule has 1 heterocycles. The molecular weight excluding hydrogens is 524 g/mol. The molecule has 0 amide bonds. The third kappa shape index (κ3) is 4.07. The predicted octanol–water partition coefficient (Wildman–Crippen LogP) is 4.53. The number of aliphatic hydroxyl groups is 1. The Balaban J connectivity index is 1.26. The van der Waals surface area contributed by atoms with Crippen molar-refractivity contribution in [3.8, 4) is 11.5 Å². The van der Waals surface area contributed by atoms with Crippen LogP contribution in [0.5, 0.6) is 11.5 Å². The highest BCUT2D eigenvalue weighted by molar-refractivity contribution is 7.89. The molecule has 0 spiro atoms. The van der Waals surface area contributed by atoms with Crippen LogP contribution in [0.4, 0.5) is 0 Å². The zero-order valence-corrected chi connectivity index (χ0v) is 24.4. The van der Waals surface area contributed by atoms with Gasteiger partial charge in [0.15, 0.2) is 11.5 Å². The largest absolute Gasteiger partial charge is 0.493 e. The second-order valence-electron chi connectivity index (χ2n) is 11.6. The maximum atomic E-state index is 13.2. The molecule has 2 bridgehead atoms. The van der Waals surface area contributed by atoms with Crippen molar-refractivity contribution in [3.05, 3.63) is 88.5 Å². The van der Waals surface area contributed by atoms with Crippen LogP contribution in [0, 0.1) is 5.92 Å². The first-order valence-electron chi connectivity index (χ1n) is 14.0. The Morgan fingerprint density at radius 2 is 1.55 bits per heavy atom. The van der Waals surface area contributed by atoms with E-state index in [4.69, 9.17) is 9.47 Å². The fraction of sp³-hybridized carbons (Fsp3) is 0.438. The van der Waals surface area contributed by atoms with Crippen molar-refractivity contribution in [2.24, 2.45) is 5.92 Å². The molecule has 8 heteroatoms. The second-order valence-corrected chi connectivity index (χ2v) is 13.7. The summed E-state index contributed by atoms with van der Waals surface area (Å²) in [6.45, 7) is 2.62. The number of methoxy groups -OCH3 is 2. The number of rotatable bonds is 8. The van der Waals surface area contributed by atoms with Crippen molar-refractivity contribution < 1.29 is 23.0 Å². The summed E-state index contributed by atoms with van der Waals surface area (Å²) >= 11 is 0. The van der Waals surface area contributed by atoms with Gasteiger partial charge >= 0.3 is 0 Å². The summed E-state index contributed by atoms with van der Waals surface area (Å²) in [6.07, 6.45) is 1.62. The van der Waals surface area contributed by atoms with E-state index < -0.39 is 16.1 Å². The number of nitrogens with zero attached hydrogens (tertiary/aromatic N) is 2. The summed E-state index contributed by atoms with van der Waals surface area (Å²) in [5.41, 5.74) is 6.12. The number of likely N-dealkylation sites (tertiary alicyclic amines) is 1. The standard InChI is InChI=1S/C32H38N2O5S/c1-33(2)40(36,37)28-14-13-27(38-3)31(39-4)29(28)30(35)21-15-17-34(18-16-21)20-32-19-24(22-9-5-7-11-25(22)32)23-10-6-8-12-26(23)32/h5-14,21,24,30,35H,15-20H2,1-4H3/t24?,30-,32?/m1/s1. The predicted molar refractivity (Wildman–Crippen MR) is 155 cm³/mol. The van der Waals surface area contributed by atoms with Crippen LogP contribution in [0.3, 0.4) is 0 Å². The zero-order valence-electron chi connectivity index (χ0n) is 23.6. The monoisotopic (exact) mass is 562 g/mol. The highest BCUT2D eigenvalue weighted by atomic mass is 32.2. The molecule has 0 radical (unpaired) electrons.